The fourth-order valence-corrected chi connectivity index (χ4v) is 2.66. The molecule has 1 unspecified atom stereocenters. The molecule has 1 heterocycles. The van der Waals surface area contributed by atoms with Gasteiger partial charge in [-0.25, -0.2) is 0 Å². The van der Waals surface area contributed by atoms with E-state index in [-0.39, 0.29) is 17.6 Å². The first-order valence-electron chi connectivity index (χ1n) is 6.74. The summed E-state index contributed by atoms with van der Waals surface area (Å²) >= 11 is 0. The van der Waals surface area contributed by atoms with Crippen molar-refractivity contribution < 1.29 is 9.53 Å². The van der Waals surface area contributed by atoms with Crippen LogP contribution in [0.15, 0.2) is 0 Å². The third-order valence-corrected chi connectivity index (χ3v) is 4.22. The summed E-state index contributed by atoms with van der Waals surface area (Å²) in [5.74, 6) is 0.244. The minimum atomic E-state index is -0.0827. The van der Waals surface area contributed by atoms with Crippen LogP contribution >= 0.6 is 0 Å². The SMILES string of the molecule is COC1(CNC(C)C(=O)N2CCCC2)CCC1. The van der Waals surface area contributed by atoms with Gasteiger partial charge in [0, 0.05) is 26.7 Å². The van der Waals surface area contributed by atoms with E-state index in [2.05, 4.69) is 5.32 Å². The highest BCUT2D eigenvalue weighted by molar-refractivity contribution is 5.81. The van der Waals surface area contributed by atoms with Crippen LogP contribution in [0, 0.1) is 0 Å². The van der Waals surface area contributed by atoms with Crippen LogP contribution in [0.2, 0.25) is 0 Å². The fourth-order valence-electron chi connectivity index (χ4n) is 2.66. The number of hydrogen-bond acceptors (Lipinski definition) is 3. The van der Waals surface area contributed by atoms with Gasteiger partial charge in [0.15, 0.2) is 0 Å². The number of rotatable bonds is 5. The highest BCUT2D eigenvalue weighted by Gasteiger charge is 2.37. The summed E-state index contributed by atoms with van der Waals surface area (Å²) in [5.41, 5.74) is -0.000447. The highest BCUT2D eigenvalue weighted by atomic mass is 16.5. The molecule has 2 aliphatic rings. The maximum Gasteiger partial charge on any atom is 0.239 e. The predicted octanol–water partition coefficient (Wildman–Crippen LogP) is 1.16. The van der Waals surface area contributed by atoms with Gasteiger partial charge in [-0.1, -0.05) is 0 Å². The molecule has 0 spiro atoms. The number of carbonyl (C=O) groups is 1. The van der Waals surface area contributed by atoms with E-state index < -0.39 is 0 Å². The van der Waals surface area contributed by atoms with E-state index in [1.54, 1.807) is 7.11 Å². The van der Waals surface area contributed by atoms with E-state index in [1.165, 1.54) is 6.42 Å². The number of nitrogens with one attached hydrogen (secondary N) is 1. The zero-order valence-electron chi connectivity index (χ0n) is 11.0. The van der Waals surface area contributed by atoms with Gasteiger partial charge in [0.2, 0.25) is 5.91 Å². The van der Waals surface area contributed by atoms with Gasteiger partial charge in [0.05, 0.1) is 11.6 Å². The number of nitrogens with zero attached hydrogens (tertiary/aromatic N) is 1. The summed E-state index contributed by atoms with van der Waals surface area (Å²) in [4.78, 5) is 14.0. The molecule has 1 aliphatic carbocycles. The molecule has 1 amide bonds. The van der Waals surface area contributed by atoms with Crippen LogP contribution in [-0.4, -0.2) is 49.2 Å². The van der Waals surface area contributed by atoms with Crippen molar-refractivity contribution in [2.24, 2.45) is 0 Å². The zero-order chi connectivity index (χ0) is 12.3. The van der Waals surface area contributed by atoms with Crippen LogP contribution in [0.4, 0.5) is 0 Å². The van der Waals surface area contributed by atoms with Crippen molar-refractivity contribution in [1.82, 2.24) is 10.2 Å². The fraction of sp³-hybridized carbons (Fsp3) is 0.923. The first-order valence-corrected chi connectivity index (χ1v) is 6.74. The number of hydrogen-bond donors (Lipinski definition) is 1. The molecule has 1 saturated heterocycles. The largest absolute Gasteiger partial charge is 0.377 e. The lowest BCUT2D eigenvalue weighted by molar-refractivity contribution is -0.132. The molecule has 1 atom stereocenters. The van der Waals surface area contributed by atoms with Crippen molar-refractivity contribution in [3.05, 3.63) is 0 Å². The average molecular weight is 240 g/mol. The normalized spacial score (nSPS) is 24.5. The van der Waals surface area contributed by atoms with E-state index in [4.69, 9.17) is 4.74 Å². The van der Waals surface area contributed by atoms with Crippen molar-refractivity contribution >= 4 is 5.91 Å². The minimum Gasteiger partial charge on any atom is -0.377 e. The number of carbonyl (C=O) groups excluding carboxylic acids is 1. The summed E-state index contributed by atoms with van der Waals surface area (Å²) in [6.07, 6.45) is 5.77. The molecule has 4 nitrogen and oxygen atoms in total. The lowest BCUT2D eigenvalue weighted by Gasteiger charge is -2.41. The van der Waals surface area contributed by atoms with Gasteiger partial charge < -0.3 is 15.0 Å². The molecule has 17 heavy (non-hydrogen) atoms. The Hall–Kier alpha value is -0.610. The Bertz CT molecular complexity index is 265. The van der Waals surface area contributed by atoms with Crippen LogP contribution < -0.4 is 5.32 Å². The quantitative estimate of drug-likeness (QED) is 0.784. The van der Waals surface area contributed by atoms with Gasteiger partial charge in [-0.05, 0) is 39.0 Å². The van der Waals surface area contributed by atoms with Crippen molar-refractivity contribution in [3.63, 3.8) is 0 Å². The lowest BCUT2D eigenvalue weighted by atomic mass is 9.80. The summed E-state index contributed by atoms with van der Waals surface area (Å²) in [6.45, 7) is 4.62. The Labute approximate surface area is 104 Å². The van der Waals surface area contributed by atoms with Crippen LogP contribution in [0.25, 0.3) is 0 Å². The molecule has 0 bridgehead atoms. The summed E-state index contributed by atoms with van der Waals surface area (Å²) in [5, 5.41) is 3.34. The smallest absolute Gasteiger partial charge is 0.239 e. The van der Waals surface area contributed by atoms with Gasteiger partial charge in [-0.15, -0.1) is 0 Å². The monoisotopic (exact) mass is 240 g/mol. The number of amides is 1. The number of ether oxygens (including phenoxy) is 1. The standard InChI is InChI=1S/C13H24N2O2/c1-11(12(16)15-8-3-4-9-15)14-10-13(17-2)6-5-7-13/h11,14H,3-10H2,1-2H3. The van der Waals surface area contributed by atoms with Gasteiger partial charge in [0.1, 0.15) is 0 Å². The second kappa shape index (κ2) is 5.36. The first-order chi connectivity index (χ1) is 8.17. The molecule has 0 aromatic carbocycles. The summed E-state index contributed by atoms with van der Waals surface area (Å²) < 4.78 is 5.54. The van der Waals surface area contributed by atoms with Gasteiger partial charge in [-0.3, -0.25) is 4.79 Å². The van der Waals surface area contributed by atoms with E-state index in [0.717, 1.165) is 45.3 Å². The molecule has 0 aromatic heterocycles. The maximum atomic E-state index is 12.1. The molecule has 0 aromatic rings. The minimum absolute atomic E-state index is 0.000447. The average Bonchev–Trinajstić information content (AvgIpc) is 2.80. The molecule has 2 fully saturated rings. The van der Waals surface area contributed by atoms with E-state index in [1.807, 2.05) is 11.8 Å². The lowest BCUT2D eigenvalue weighted by Crippen LogP contribution is -2.53. The van der Waals surface area contributed by atoms with E-state index >= 15 is 0 Å². The van der Waals surface area contributed by atoms with Gasteiger partial charge >= 0.3 is 0 Å². The third-order valence-electron chi connectivity index (χ3n) is 4.22. The molecule has 4 heteroatoms. The van der Waals surface area contributed by atoms with Crippen LogP contribution in [0.5, 0.6) is 0 Å². The van der Waals surface area contributed by atoms with Crippen molar-refractivity contribution in [3.8, 4) is 0 Å². The second-order valence-corrected chi connectivity index (χ2v) is 5.38. The number of methoxy groups -OCH3 is 1. The second-order valence-electron chi connectivity index (χ2n) is 5.38. The Balaban J connectivity index is 1.76. The highest BCUT2D eigenvalue weighted by Crippen LogP contribution is 2.34. The molecular weight excluding hydrogens is 216 g/mol. The maximum absolute atomic E-state index is 12.1. The van der Waals surface area contributed by atoms with E-state index in [9.17, 15) is 4.79 Å². The van der Waals surface area contributed by atoms with Crippen LogP contribution in [-0.2, 0) is 9.53 Å². The van der Waals surface area contributed by atoms with Crippen LogP contribution in [0.1, 0.15) is 39.0 Å². The topological polar surface area (TPSA) is 41.6 Å². The Morgan fingerprint density at radius 1 is 1.35 bits per heavy atom. The van der Waals surface area contributed by atoms with Gasteiger partial charge in [-0.2, -0.15) is 0 Å². The molecule has 2 rings (SSSR count). The van der Waals surface area contributed by atoms with E-state index in [0.29, 0.717) is 0 Å². The Morgan fingerprint density at radius 3 is 2.47 bits per heavy atom. The molecule has 0 radical (unpaired) electrons. The summed E-state index contributed by atoms with van der Waals surface area (Å²) in [6, 6.07) is -0.0827. The molecule has 1 saturated carbocycles. The van der Waals surface area contributed by atoms with Crippen molar-refractivity contribution in [2.75, 3.05) is 26.7 Å². The number of likely N-dealkylation sites (tertiary alicyclic amines) is 1. The van der Waals surface area contributed by atoms with Crippen molar-refractivity contribution in [1.29, 1.82) is 0 Å². The Kier molecular flexibility index (Phi) is 4.05. The first kappa shape index (κ1) is 12.8. The molecular formula is C13H24N2O2. The molecule has 1 aliphatic heterocycles. The zero-order valence-corrected chi connectivity index (χ0v) is 11.0. The predicted molar refractivity (Wildman–Crippen MR) is 66.9 cm³/mol. The van der Waals surface area contributed by atoms with Crippen LogP contribution in [0.3, 0.4) is 0 Å². The summed E-state index contributed by atoms with van der Waals surface area (Å²) in [7, 11) is 1.77. The van der Waals surface area contributed by atoms with Crippen molar-refractivity contribution in [2.45, 2.75) is 50.7 Å². The third kappa shape index (κ3) is 2.80. The van der Waals surface area contributed by atoms with Gasteiger partial charge in [0.25, 0.3) is 0 Å². The Morgan fingerprint density at radius 2 is 2.00 bits per heavy atom. The molecule has 1 N–H and O–H groups in total. The molecule has 98 valence electrons.